The van der Waals surface area contributed by atoms with Gasteiger partial charge in [0, 0.05) is 19.6 Å². The number of morpholine rings is 1. The summed E-state index contributed by atoms with van der Waals surface area (Å²) in [5, 5.41) is 12.2. The number of H-pyrrole nitrogens is 1. The fourth-order valence-electron chi connectivity index (χ4n) is 4.10. The Kier molecular flexibility index (Phi) is 5.46. The summed E-state index contributed by atoms with van der Waals surface area (Å²) in [5.41, 5.74) is 2.89. The zero-order valence-corrected chi connectivity index (χ0v) is 18.6. The number of phenolic OH excluding ortho intramolecular Hbond substituents is 1. The largest absolute Gasteiger partial charge is 0.507 e. The summed E-state index contributed by atoms with van der Waals surface area (Å²) in [5.74, 6) is 1.96. The highest BCUT2D eigenvalue weighted by atomic mass is 32.1. The number of hydrogen-bond donors (Lipinski definition) is 2. The van der Waals surface area contributed by atoms with Gasteiger partial charge in [-0.05, 0) is 43.4 Å². The molecule has 2 N–H and O–H groups in total. The van der Waals surface area contributed by atoms with Gasteiger partial charge in [0.1, 0.15) is 22.8 Å². The van der Waals surface area contributed by atoms with Crippen molar-refractivity contribution in [3.8, 4) is 34.2 Å². The highest BCUT2D eigenvalue weighted by Gasteiger charge is 2.26. The molecule has 4 aromatic rings. The van der Waals surface area contributed by atoms with E-state index in [-0.39, 0.29) is 10.5 Å². The van der Waals surface area contributed by atoms with Crippen LogP contribution in [0.4, 0.5) is 0 Å². The van der Waals surface area contributed by atoms with Crippen molar-refractivity contribution in [3.63, 3.8) is 0 Å². The highest BCUT2D eigenvalue weighted by Crippen LogP contribution is 2.47. The first kappa shape index (κ1) is 20.7. The maximum Gasteiger partial charge on any atom is 0.197 e. The molecule has 8 nitrogen and oxygen atoms in total. The third kappa shape index (κ3) is 3.68. The number of nitrogens with zero attached hydrogens (tertiary/aromatic N) is 2. The third-order valence-electron chi connectivity index (χ3n) is 5.63. The summed E-state index contributed by atoms with van der Waals surface area (Å²) < 4.78 is 23.0. The maximum absolute atomic E-state index is 11.5. The molecule has 32 heavy (non-hydrogen) atoms. The van der Waals surface area contributed by atoms with Gasteiger partial charge in [-0.15, -0.1) is 0 Å². The van der Waals surface area contributed by atoms with Crippen molar-refractivity contribution in [2.75, 3.05) is 33.4 Å². The second-order valence-corrected chi connectivity index (χ2v) is 8.07. The van der Waals surface area contributed by atoms with Crippen molar-refractivity contribution in [2.24, 2.45) is 0 Å². The first-order valence-electron chi connectivity index (χ1n) is 10.3. The number of nitrogens with one attached hydrogen (secondary N) is 1. The molecule has 1 aliphatic heterocycles. The summed E-state index contributed by atoms with van der Waals surface area (Å²) >= 11 is 5.39. The van der Waals surface area contributed by atoms with Crippen molar-refractivity contribution >= 4 is 23.2 Å². The molecule has 4 heterocycles. The topological polar surface area (TPSA) is 96.9 Å². The Hall–Kier alpha value is -3.14. The predicted molar refractivity (Wildman–Crippen MR) is 121 cm³/mol. The van der Waals surface area contributed by atoms with Crippen LogP contribution in [-0.2, 0) is 11.3 Å². The van der Waals surface area contributed by atoms with Crippen LogP contribution in [0, 0.1) is 11.7 Å². The van der Waals surface area contributed by atoms with Gasteiger partial charge in [0.2, 0.25) is 0 Å². The van der Waals surface area contributed by atoms with E-state index < -0.39 is 0 Å². The number of hydrogen-bond acceptors (Lipinski definition) is 8. The van der Waals surface area contributed by atoms with Crippen molar-refractivity contribution < 1.29 is 23.4 Å². The standard InChI is InChI=1S/C23H23N3O5S/c1-13-3-4-18(31-13)16-11-17(25-23(32)24-16)19-20(27)15(12-26-6-9-29-10-7-26)21-14(5-8-30-21)22(19)28-2/h3-5,8,11,27H,6-7,9-10,12H2,1-2H3,(H,24,25,32). The Morgan fingerprint density at radius 1 is 1.25 bits per heavy atom. The van der Waals surface area contributed by atoms with Crippen LogP contribution in [0.3, 0.4) is 0 Å². The van der Waals surface area contributed by atoms with Crippen molar-refractivity contribution in [3.05, 3.63) is 46.6 Å². The second-order valence-electron chi connectivity index (χ2n) is 7.68. The van der Waals surface area contributed by atoms with E-state index in [0.29, 0.717) is 59.4 Å². The number of benzene rings is 1. The van der Waals surface area contributed by atoms with Gasteiger partial charge in [0.15, 0.2) is 10.5 Å². The van der Waals surface area contributed by atoms with Crippen LogP contribution in [0.25, 0.3) is 33.7 Å². The number of furan rings is 2. The van der Waals surface area contributed by atoms with Gasteiger partial charge in [0.25, 0.3) is 0 Å². The molecule has 3 aromatic heterocycles. The van der Waals surface area contributed by atoms with E-state index in [0.717, 1.165) is 24.2 Å². The van der Waals surface area contributed by atoms with E-state index in [4.69, 9.17) is 30.5 Å². The van der Waals surface area contributed by atoms with Gasteiger partial charge >= 0.3 is 0 Å². The molecule has 1 saturated heterocycles. The van der Waals surface area contributed by atoms with E-state index in [2.05, 4.69) is 14.9 Å². The van der Waals surface area contributed by atoms with Gasteiger partial charge in [0.05, 0.1) is 54.5 Å². The monoisotopic (exact) mass is 453 g/mol. The molecule has 1 aromatic carbocycles. The quantitative estimate of drug-likeness (QED) is 0.421. The fourth-order valence-corrected chi connectivity index (χ4v) is 4.31. The summed E-state index contributed by atoms with van der Waals surface area (Å²) in [6.45, 7) is 5.26. The Balaban J connectivity index is 1.71. The predicted octanol–water partition coefficient (Wildman–Crippen LogP) is 4.67. The molecule has 0 atom stereocenters. The first-order valence-corrected chi connectivity index (χ1v) is 10.7. The second kappa shape index (κ2) is 8.42. The molecule has 1 fully saturated rings. The molecule has 0 aliphatic carbocycles. The molecular formula is C23H23N3O5S. The number of methoxy groups -OCH3 is 1. The number of aromatic nitrogens is 2. The van der Waals surface area contributed by atoms with Crippen LogP contribution >= 0.6 is 12.2 Å². The van der Waals surface area contributed by atoms with Crippen molar-refractivity contribution in [1.82, 2.24) is 14.9 Å². The Morgan fingerprint density at radius 3 is 2.78 bits per heavy atom. The normalized spacial score (nSPS) is 14.8. The number of ether oxygens (including phenoxy) is 2. The summed E-state index contributed by atoms with van der Waals surface area (Å²) in [6, 6.07) is 7.37. The Labute approximate surface area is 189 Å². The van der Waals surface area contributed by atoms with E-state index in [9.17, 15) is 5.11 Å². The van der Waals surface area contributed by atoms with Gasteiger partial charge in [-0.2, -0.15) is 0 Å². The average Bonchev–Trinajstić information content (AvgIpc) is 3.45. The first-order chi connectivity index (χ1) is 15.5. The lowest BCUT2D eigenvalue weighted by Gasteiger charge is -2.27. The van der Waals surface area contributed by atoms with Crippen LogP contribution in [0.15, 0.2) is 39.4 Å². The van der Waals surface area contributed by atoms with Crippen molar-refractivity contribution in [2.45, 2.75) is 13.5 Å². The highest BCUT2D eigenvalue weighted by molar-refractivity contribution is 7.71. The molecule has 0 bridgehead atoms. The van der Waals surface area contributed by atoms with Crippen LogP contribution in [0.5, 0.6) is 11.5 Å². The van der Waals surface area contributed by atoms with Gasteiger partial charge < -0.3 is 28.4 Å². The zero-order chi connectivity index (χ0) is 22.2. The fraction of sp³-hybridized carbons (Fsp3) is 0.304. The van der Waals surface area contributed by atoms with E-state index in [1.54, 1.807) is 19.4 Å². The van der Waals surface area contributed by atoms with Crippen LogP contribution in [0.1, 0.15) is 11.3 Å². The molecule has 0 amide bonds. The minimum Gasteiger partial charge on any atom is -0.507 e. The average molecular weight is 454 g/mol. The maximum atomic E-state index is 11.5. The molecule has 0 spiro atoms. The molecule has 1 aliphatic rings. The summed E-state index contributed by atoms with van der Waals surface area (Å²) in [6.07, 6.45) is 1.60. The van der Waals surface area contributed by atoms with Crippen LogP contribution < -0.4 is 4.74 Å². The summed E-state index contributed by atoms with van der Waals surface area (Å²) in [4.78, 5) is 9.78. The number of phenols is 1. The molecule has 0 radical (unpaired) electrons. The molecule has 9 heteroatoms. The SMILES string of the molecule is COc1c(-c2cc(-c3ccc(C)o3)[nH]c(=S)n2)c(O)c(CN2CCOCC2)c2occc12. The number of rotatable bonds is 5. The van der Waals surface area contributed by atoms with E-state index >= 15 is 0 Å². The van der Waals surface area contributed by atoms with Gasteiger partial charge in [-0.1, -0.05) is 0 Å². The minimum atomic E-state index is 0.0606. The van der Waals surface area contributed by atoms with E-state index in [1.807, 2.05) is 25.1 Å². The summed E-state index contributed by atoms with van der Waals surface area (Å²) in [7, 11) is 1.56. The van der Waals surface area contributed by atoms with Crippen molar-refractivity contribution in [1.29, 1.82) is 0 Å². The molecular weight excluding hydrogens is 430 g/mol. The van der Waals surface area contributed by atoms with Gasteiger partial charge in [-0.25, -0.2) is 4.98 Å². The minimum absolute atomic E-state index is 0.0606. The molecule has 166 valence electrons. The van der Waals surface area contributed by atoms with Gasteiger partial charge in [-0.3, -0.25) is 4.90 Å². The number of aromatic amines is 1. The Morgan fingerprint density at radius 2 is 2.06 bits per heavy atom. The zero-order valence-electron chi connectivity index (χ0n) is 17.8. The van der Waals surface area contributed by atoms with Crippen LogP contribution in [0.2, 0.25) is 0 Å². The number of aryl methyl sites for hydroxylation is 1. The lowest BCUT2D eigenvalue weighted by atomic mass is 9.99. The Bertz CT molecular complexity index is 1330. The smallest absolute Gasteiger partial charge is 0.197 e. The molecule has 0 unspecified atom stereocenters. The molecule has 5 rings (SSSR count). The molecule has 0 saturated carbocycles. The lowest BCUT2D eigenvalue weighted by Crippen LogP contribution is -2.35. The lowest BCUT2D eigenvalue weighted by molar-refractivity contribution is 0.0339. The number of fused-ring (bicyclic) bond motifs is 1. The third-order valence-corrected chi connectivity index (χ3v) is 5.82. The van der Waals surface area contributed by atoms with E-state index in [1.165, 1.54) is 0 Å². The number of aromatic hydroxyl groups is 1. The van der Waals surface area contributed by atoms with Crippen LogP contribution in [-0.4, -0.2) is 53.4 Å².